The molecule has 0 saturated carbocycles. The quantitative estimate of drug-likeness (QED) is 0.179. The number of benzene rings is 7. The van der Waals surface area contributed by atoms with Crippen LogP contribution >= 0.6 is 0 Å². The second-order valence-corrected chi connectivity index (χ2v) is 13.3. The van der Waals surface area contributed by atoms with Gasteiger partial charge in [-0.15, -0.1) is 0 Å². The van der Waals surface area contributed by atoms with Crippen molar-refractivity contribution in [1.82, 2.24) is 0 Å². The molecule has 8 aromatic rings. The van der Waals surface area contributed by atoms with Gasteiger partial charge in [0.05, 0.1) is 0 Å². The topological polar surface area (TPSA) is 13.1 Å². The third kappa shape index (κ3) is 4.38. The Hall–Kier alpha value is -5.66. The molecule has 224 valence electrons. The van der Waals surface area contributed by atoms with E-state index in [1.165, 1.54) is 66.6 Å². The van der Waals surface area contributed by atoms with Crippen molar-refractivity contribution in [1.29, 1.82) is 0 Å². The first kappa shape index (κ1) is 27.6. The monoisotopic (exact) mass is 602 g/mol. The van der Waals surface area contributed by atoms with E-state index >= 15 is 0 Å². The summed E-state index contributed by atoms with van der Waals surface area (Å²) in [6.45, 7) is 4.73. The van der Waals surface area contributed by atoms with E-state index in [9.17, 15) is 0 Å². The van der Waals surface area contributed by atoms with Crippen molar-refractivity contribution in [2.45, 2.75) is 25.2 Å². The molecule has 0 saturated heterocycles. The van der Waals surface area contributed by atoms with Crippen molar-refractivity contribution in [3.8, 4) is 33.4 Å². The molecule has 1 nitrogen and oxygen atoms in total. The fraction of sp³-hybridized carbons (Fsp3) is 0.0870. The van der Waals surface area contributed by atoms with Crippen LogP contribution < -0.4 is 0 Å². The second kappa shape index (κ2) is 10.7. The molecule has 0 spiro atoms. The van der Waals surface area contributed by atoms with Crippen LogP contribution in [0.15, 0.2) is 168 Å². The normalized spacial score (nSPS) is 13.8. The van der Waals surface area contributed by atoms with Crippen molar-refractivity contribution < 1.29 is 4.42 Å². The lowest BCUT2D eigenvalue weighted by Gasteiger charge is -2.24. The SMILES string of the molecule is CC1(C)c2ccc(C(c3cccc(-c4ccccc4)c3)c3cccc4oc5ccccc5c34)cc2-c2c(-c3ccccc3)cccc21. The van der Waals surface area contributed by atoms with Crippen molar-refractivity contribution in [2.24, 2.45) is 0 Å². The number of hydrogen-bond acceptors (Lipinski definition) is 1. The highest BCUT2D eigenvalue weighted by atomic mass is 16.3. The van der Waals surface area contributed by atoms with Crippen LogP contribution in [0.5, 0.6) is 0 Å². The summed E-state index contributed by atoms with van der Waals surface area (Å²) in [6.07, 6.45) is 0. The molecular weight excluding hydrogens is 569 g/mol. The van der Waals surface area contributed by atoms with Crippen LogP contribution in [-0.2, 0) is 5.41 Å². The van der Waals surface area contributed by atoms with E-state index in [0.29, 0.717) is 0 Å². The first-order valence-electron chi connectivity index (χ1n) is 16.5. The lowest BCUT2D eigenvalue weighted by Crippen LogP contribution is -2.15. The molecule has 0 bridgehead atoms. The highest BCUT2D eigenvalue weighted by Crippen LogP contribution is 2.53. The fourth-order valence-corrected chi connectivity index (χ4v) is 7.98. The van der Waals surface area contributed by atoms with Gasteiger partial charge in [0.15, 0.2) is 0 Å². The standard InChI is InChI=1S/C46H34O/c1-46(2)39-27-26-34(29-38(39)44-35(21-12-23-40(44)46)31-16-7-4-8-17-31)43(33-19-11-18-32(28-33)30-14-5-3-6-15-30)37-22-13-25-42-45(37)36-20-9-10-24-41(36)47-42/h3-29,43H,1-2H3. The summed E-state index contributed by atoms with van der Waals surface area (Å²) < 4.78 is 6.42. The van der Waals surface area contributed by atoms with E-state index in [-0.39, 0.29) is 11.3 Å². The van der Waals surface area contributed by atoms with Crippen LogP contribution in [0.4, 0.5) is 0 Å². The average molecular weight is 603 g/mol. The van der Waals surface area contributed by atoms with E-state index in [0.717, 1.165) is 16.6 Å². The van der Waals surface area contributed by atoms with Crippen molar-refractivity contribution in [2.75, 3.05) is 0 Å². The highest BCUT2D eigenvalue weighted by Gasteiger charge is 2.37. The summed E-state index contributed by atoms with van der Waals surface area (Å²) in [7, 11) is 0. The summed E-state index contributed by atoms with van der Waals surface area (Å²) >= 11 is 0. The Kier molecular flexibility index (Phi) is 6.30. The Bertz CT molecular complexity index is 2430. The Labute approximate surface area is 275 Å². The second-order valence-electron chi connectivity index (χ2n) is 13.3. The maximum Gasteiger partial charge on any atom is 0.135 e. The van der Waals surface area contributed by atoms with Gasteiger partial charge in [0, 0.05) is 22.1 Å². The molecule has 0 radical (unpaired) electrons. The molecule has 0 amide bonds. The van der Waals surface area contributed by atoms with Gasteiger partial charge >= 0.3 is 0 Å². The van der Waals surface area contributed by atoms with Crippen molar-refractivity contribution in [3.63, 3.8) is 0 Å². The van der Waals surface area contributed by atoms with Crippen LogP contribution in [0.1, 0.15) is 47.6 Å². The Balaban J connectivity index is 1.32. The summed E-state index contributed by atoms with van der Waals surface area (Å²) in [4.78, 5) is 0. The summed E-state index contributed by atoms with van der Waals surface area (Å²) in [5.74, 6) is -0.00952. The molecular formula is C46H34O. The zero-order valence-corrected chi connectivity index (χ0v) is 26.6. The lowest BCUT2D eigenvalue weighted by atomic mass is 9.79. The van der Waals surface area contributed by atoms with Crippen LogP contribution in [0, 0.1) is 0 Å². The van der Waals surface area contributed by atoms with Crippen molar-refractivity contribution in [3.05, 3.63) is 192 Å². The van der Waals surface area contributed by atoms with Crippen molar-refractivity contribution >= 4 is 21.9 Å². The van der Waals surface area contributed by atoms with Gasteiger partial charge in [0.25, 0.3) is 0 Å². The zero-order chi connectivity index (χ0) is 31.5. The first-order valence-corrected chi connectivity index (χ1v) is 16.5. The number of rotatable bonds is 5. The van der Waals surface area contributed by atoms with Gasteiger partial charge in [-0.1, -0.05) is 159 Å². The summed E-state index contributed by atoms with van der Waals surface area (Å²) in [6, 6.07) is 59.6. The van der Waals surface area contributed by atoms with Gasteiger partial charge in [-0.3, -0.25) is 0 Å². The fourth-order valence-electron chi connectivity index (χ4n) is 7.98. The van der Waals surface area contributed by atoms with Crippen LogP contribution in [0.3, 0.4) is 0 Å². The number of para-hydroxylation sites is 1. The molecule has 0 fully saturated rings. The Morgan fingerprint density at radius 3 is 1.96 bits per heavy atom. The molecule has 9 rings (SSSR count). The van der Waals surface area contributed by atoms with Crippen LogP contribution in [0.25, 0.3) is 55.3 Å². The van der Waals surface area contributed by atoms with Gasteiger partial charge in [0.2, 0.25) is 0 Å². The molecule has 47 heavy (non-hydrogen) atoms. The predicted octanol–water partition coefficient (Wildman–Crippen LogP) is 12.4. The maximum atomic E-state index is 6.42. The number of fused-ring (bicyclic) bond motifs is 6. The van der Waals surface area contributed by atoms with E-state index in [2.05, 4.69) is 178 Å². The molecule has 1 unspecified atom stereocenters. The molecule has 1 aliphatic carbocycles. The molecule has 7 aromatic carbocycles. The molecule has 0 N–H and O–H groups in total. The van der Waals surface area contributed by atoms with Gasteiger partial charge in [-0.25, -0.2) is 0 Å². The van der Waals surface area contributed by atoms with Gasteiger partial charge in [-0.05, 0) is 79.4 Å². The highest BCUT2D eigenvalue weighted by molar-refractivity contribution is 6.07. The molecule has 1 heteroatoms. The van der Waals surface area contributed by atoms with Gasteiger partial charge in [-0.2, -0.15) is 0 Å². The molecule has 1 aliphatic rings. The minimum Gasteiger partial charge on any atom is -0.456 e. The molecule has 1 heterocycles. The lowest BCUT2D eigenvalue weighted by molar-refractivity contribution is 0.660. The van der Waals surface area contributed by atoms with Crippen LogP contribution in [0.2, 0.25) is 0 Å². The third-order valence-corrected chi connectivity index (χ3v) is 10.2. The predicted molar refractivity (Wildman–Crippen MR) is 196 cm³/mol. The van der Waals surface area contributed by atoms with Gasteiger partial charge in [0.1, 0.15) is 11.2 Å². The van der Waals surface area contributed by atoms with Gasteiger partial charge < -0.3 is 4.42 Å². The van der Waals surface area contributed by atoms with E-state index in [1.807, 2.05) is 0 Å². The zero-order valence-electron chi connectivity index (χ0n) is 26.6. The largest absolute Gasteiger partial charge is 0.456 e. The maximum absolute atomic E-state index is 6.42. The smallest absolute Gasteiger partial charge is 0.135 e. The number of hydrogen-bond donors (Lipinski definition) is 0. The van der Waals surface area contributed by atoms with E-state index in [1.54, 1.807) is 0 Å². The third-order valence-electron chi connectivity index (χ3n) is 10.2. The molecule has 1 aromatic heterocycles. The van der Waals surface area contributed by atoms with Crippen LogP contribution in [-0.4, -0.2) is 0 Å². The van der Waals surface area contributed by atoms with E-state index < -0.39 is 0 Å². The average Bonchev–Trinajstić information content (AvgIpc) is 3.62. The summed E-state index contributed by atoms with van der Waals surface area (Å²) in [5.41, 5.74) is 16.0. The minimum absolute atomic E-state index is 0.00952. The Morgan fingerprint density at radius 2 is 1.13 bits per heavy atom. The molecule has 1 atom stereocenters. The van der Waals surface area contributed by atoms with E-state index in [4.69, 9.17) is 4.42 Å². The first-order chi connectivity index (χ1) is 23.1. The number of furan rings is 1. The summed E-state index contributed by atoms with van der Waals surface area (Å²) in [5, 5.41) is 2.34. The molecule has 0 aliphatic heterocycles. The Morgan fingerprint density at radius 1 is 0.468 bits per heavy atom. The minimum atomic E-state index is -0.0997.